The molecule has 0 aliphatic heterocycles. The van der Waals surface area contributed by atoms with Gasteiger partial charge < -0.3 is 9.67 Å². The number of likely N-dealkylation sites (N-methyl/N-ethyl adjacent to an activating group) is 1. The SMILES string of the molecule is Cc1c(CCN(C)S(=O)(=O)c2ccc([N+](C)(C)C)cc2)c2ccccc2n1CC(=O)O. The van der Waals surface area contributed by atoms with E-state index < -0.39 is 16.0 Å². The molecule has 0 spiro atoms. The molecule has 3 rings (SSSR count). The van der Waals surface area contributed by atoms with Crippen molar-refractivity contribution in [2.24, 2.45) is 0 Å². The van der Waals surface area contributed by atoms with Crippen molar-refractivity contribution >= 4 is 32.6 Å². The molecule has 1 N–H and O–H groups in total. The lowest BCUT2D eigenvalue weighted by atomic mass is 10.1. The second kappa shape index (κ2) is 8.45. The Balaban J connectivity index is 1.85. The van der Waals surface area contributed by atoms with E-state index in [9.17, 15) is 18.3 Å². The normalized spacial score (nSPS) is 12.6. The van der Waals surface area contributed by atoms with Crippen LogP contribution in [0.5, 0.6) is 0 Å². The van der Waals surface area contributed by atoms with Crippen molar-refractivity contribution in [2.45, 2.75) is 24.8 Å². The Morgan fingerprint density at radius 3 is 2.26 bits per heavy atom. The van der Waals surface area contributed by atoms with E-state index in [-0.39, 0.29) is 11.4 Å². The lowest BCUT2D eigenvalue weighted by Gasteiger charge is -2.24. The van der Waals surface area contributed by atoms with Gasteiger partial charge in [0.25, 0.3) is 0 Å². The monoisotopic (exact) mass is 444 g/mol. The number of carboxylic acids is 1. The van der Waals surface area contributed by atoms with Gasteiger partial charge in [0.15, 0.2) is 0 Å². The van der Waals surface area contributed by atoms with Gasteiger partial charge >= 0.3 is 5.97 Å². The molecule has 0 bridgehead atoms. The summed E-state index contributed by atoms with van der Waals surface area (Å²) in [4.78, 5) is 11.6. The van der Waals surface area contributed by atoms with Crippen molar-refractivity contribution in [1.82, 2.24) is 13.4 Å². The molecule has 7 nitrogen and oxygen atoms in total. The Morgan fingerprint density at radius 1 is 1.06 bits per heavy atom. The molecule has 0 atom stereocenters. The van der Waals surface area contributed by atoms with E-state index in [1.54, 1.807) is 23.7 Å². The molecule has 0 saturated carbocycles. The topological polar surface area (TPSA) is 79.6 Å². The average molecular weight is 445 g/mol. The number of quaternary nitrogens is 1. The Kier molecular flexibility index (Phi) is 6.27. The molecular weight excluding hydrogens is 414 g/mol. The lowest BCUT2D eigenvalue weighted by Crippen LogP contribution is -2.34. The number of aliphatic carboxylic acids is 1. The first kappa shape index (κ1) is 23.0. The zero-order valence-electron chi connectivity index (χ0n) is 18.7. The molecule has 2 aromatic carbocycles. The van der Waals surface area contributed by atoms with Gasteiger partial charge in [0.1, 0.15) is 12.2 Å². The van der Waals surface area contributed by atoms with Crippen LogP contribution >= 0.6 is 0 Å². The smallest absolute Gasteiger partial charge is 0.323 e. The molecule has 0 saturated heterocycles. The number of carbonyl (C=O) groups is 1. The molecule has 31 heavy (non-hydrogen) atoms. The lowest BCUT2D eigenvalue weighted by molar-refractivity contribution is -0.137. The second-order valence-corrected chi connectivity index (χ2v) is 10.7. The Bertz CT molecular complexity index is 1210. The number of aromatic nitrogens is 1. The minimum absolute atomic E-state index is 0.126. The van der Waals surface area contributed by atoms with Gasteiger partial charge in [-0.25, -0.2) is 12.7 Å². The van der Waals surface area contributed by atoms with Crippen LogP contribution in [0.4, 0.5) is 5.69 Å². The molecule has 0 amide bonds. The summed E-state index contributed by atoms with van der Waals surface area (Å²) in [5.74, 6) is -0.910. The van der Waals surface area contributed by atoms with Crippen LogP contribution in [-0.4, -0.2) is 63.1 Å². The van der Waals surface area contributed by atoms with Crippen molar-refractivity contribution in [3.8, 4) is 0 Å². The van der Waals surface area contributed by atoms with Gasteiger partial charge in [0, 0.05) is 42.3 Å². The first-order chi connectivity index (χ1) is 14.4. The van der Waals surface area contributed by atoms with Crippen molar-refractivity contribution in [3.63, 3.8) is 0 Å². The first-order valence-corrected chi connectivity index (χ1v) is 11.5. The highest BCUT2D eigenvalue weighted by atomic mass is 32.2. The number of fused-ring (bicyclic) bond motifs is 1. The summed E-state index contributed by atoms with van der Waals surface area (Å²) in [6.45, 7) is 2.05. The molecule has 1 heterocycles. The summed E-state index contributed by atoms with van der Waals surface area (Å²) in [5.41, 5.74) is 3.68. The molecule has 0 aliphatic carbocycles. The van der Waals surface area contributed by atoms with E-state index in [4.69, 9.17) is 0 Å². The molecule has 0 unspecified atom stereocenters. The number of sulfonamides is 1. The number of hydrogen-bond acceptors (Lipinski definition) is 3. The number of hydrogen-bond donors (Lipinski definition) is 1. The van der Waals surface area contributed by atoms with Gasteiger partial charge in [0.2, 0.25) is 10.0 Å². The van der Waals surface area contributed by atoms with Gasteiger partial charge in [-0.3, -0.25) is 9.28 Å². The van der Waals surface area contributed by atoms with Crippen molar-refractivity contribution in [2.75, 3.05) is 34.7 Å². The summed E-state index contributed by atoms with van der Waals surface area (Å²) < 4.78 is 29.8. The van der Waals surface area contributed by atoms with E-state index in [0.717, 1.165) is 27.8 Å². The van der Waals surface area contributed by atoms with Gasteiger partial charge in [-0.05, 0) is 37.1 Å². The zero-order valence-corrected chi connectivity index (χ0v) is 19.5. The van der Waals surface area contributed by atoms with E-state index >= 15 is 0 Å². The molecule has 0 aliphatic rings. The number of rotatable bonds is 8. The van der Waals surface area contributed by atoms with Crippen LogP contribution < -0.4 is 4.48 Å². The fourth-order valence-corrected chi connectivity index (χ4v) is 4.96. The Morgan fingerprint density at radius 2 is 1.68 bits per heavy atom. The molecule has 0 radical (unpaired) electrons. The highest BCUT2D eigenvalue weighted by Crippen LogP contribution is 2.27. The molecule has 0 fully saturated rings. The number of para-hydroxylation sites is 1. The van der Waals surface area contributed by atoms with Crippen LogP contribution in [0, 0.1) is 6.92 Å². The van der Waals surface area contributed by atoms with Gasteiger partial charge in [-0.1, -0.05) is 18.2 Å². The first-order valence-electron chi connectivity index (χ1n) is 10.1. The third kappa shape index (κ3) is 4.66. The van der Waals surface area contributed by atoms with E-state index in [1.165, 1.54) is 4.31 Å². The summed E-state index contributed by atoms with van der Waals surface area (Å²) in [5, 5.41) is 10.2. The minimum Gasteiger partial charge on any atom is -0.480 e. The maximum atomic E-state index is 13.1. The summed E-state index contributed by atoms with van der Waals surface area (Å²) in [7, 11) is 4.03. The fraction of sp³-hybridized carbons (Fsp3) is 0.348. The predicted molar refractivity (Wildman–Crippen MR) is 124 cm³/mol. The number of benzene rings is 2. The zero-order chi connectivity index (χ0) is 23.0. The highest BCUT2D eigenvalue weighted by molar-refractivity contribution is 7.89. The standard InChI is InChI=1S/C23H29N3O4S/c1-17-20(21-8-6-7-9-22(21)25(17)16-23(27)28)14-15-24(2)31(29,30)19-12-10-18(11-13-19)26(3,4)5/h6-13H,14-16H2,1-5H3/p+1. The van der Waals surface area contributed by atoms with Gasteiger partial charge in [-0.15, -0.1) is 0 Å². The highest BCUT2D eigenvalue weighted by Gasteiger charge is 2.23. The summed E-state index contributed by atoms with van der Waals surface area (Å²) in [6, 6.07) is 14.6. The van der Waals surface area contributed by atoms with Crippen LogP contribution in [0.1, 0.15) is 11.3 Å². The van der Waals surface area contributed by atoms with Crippen LogP contribution in [0.2, 0.25) is 0 Å². The van der Waals surface area contributed by atoms with E-state index in [0.29, 0.717) is 17.4 Å². The van der Waals surface area contributed by atoms with E-state index in [1.807, 2.05) is 64.5 Å². The summed E-state index contributed by atoms with van der Waals surface area (Å²) in [6.07, 6.45) is 0.492. The van der Waals surface area contributed by atoms with Gasteiger partial charge in [-0.2, -0.15) is 0 Å². The third-order valence-electron chi connectivity index (χ3n) is 5.65. The average Bonchev–Trinajstić information content (AvgIpc) is 2.96. The maximum Gasteiger partial charge on any atom is 0.323 e. The van der Waals surface area contributed by atoms with Crippen LogP contribution in [0.25, 0.3) is 10.9 Å². The molecule has 1 aromatic heterocycles. The maximum absolute atomic E-state index is 13.1. The molecule has 166 valence electrons. The van der Waals surface area contributed by atoms with Crippen LogP contribution in [0.3, 0.4) is 0 Å². The Labute approximate surface area is 183 Å². The second-order valence-electron chi connectivity index (χ2n) is 8.64. The predicted octanol–water partition coefficient (Wildman–Crippen LogP) is 3.09. The van der Waals surface area contributed by atoms with Crippen LogP contribution in [0.15, 0.2) is 53.4 Å². The summed E-state index contributed by atoms with van der Waals surface area (Å²) >= 11 is 0. The van der Waals surface area contributed by atoms with Gasteiger partial charge in [0.05, 0.1) is 26.0 Å². The van der Waals surface area contributed by atoms with Crippen molar-refractivity contribution in [3.05, 3.63) is 59.8 Å². The fourth-order valence-electron chi connectivity index (χ4n) is 3.79. The Hall–Kier alpha value is -2.68. The third-order valence-corrected chi connectivity index (χ3v) is 7.52. The number of carboxylic acid groups (broad SMARTS) is 1. The molecule has 3 aromatic rings. The van der Waals surface area contributed by atoms with Crippen LogP contribution in [-0.2, 0) is 27.8 Å². The van der Waals surface area contributed by atoms with Crippen molar-refractivity contribution in [1.29, 1.82) is 0 Å². The minimum atomic E-state index is -3.62. The van der Waals surface area contributed by atoms with E-state index in [2.05, 4.69) is 0 Å². The quantitative estimate of drug-likeness (QED) is 0.542. The number of nitrogens with zero attached hydrogens (tertiary/aromatic N) is 3. The molecular formula is C23H30N3O4S+. The molecule has 8 heteroatoms. The largest absolute Gasteiger partial charge is 0.480 e. The van der Waals surface area contributed by atoms with Crippen molar-refractivity contribution < 1.29 is 18.3 Å².